The van der Waals surface area contributed by atoms with E-state index in [0.717, 1.165) is 16.2 Å². The van der Waals surface area contributed by atoms with Gasteiger partial charge in [0.25, 0.3) is 17.4 Å². The van der Waals surface area contributed by atoms with Crippen molar-refractivity contribution in [2.24, 2.45) is 0 Å². The average molecular weight is 311 g/mol. The number of nitrogens with zero attached hydrogens (tertiary/aromatic N) is 3. The molecular weight excluding hydrogens is 302 g/mol. The number of aromatic nitrogens is 2. The van der Waals surface area contributed by atoms with Crippen LogP contribution in [0.15, 0.2) is 41.3 Å². The van der Waals surface area contributed by atoms with E-state index in [0.29, 0.717) is 16.2 Å². The van der Waals surface area contributed by atoms with Gasteiger partial charge in [0.05, 0.1) is 5.69 Å². The van der Waals surface area contributed by atoms with Crippen molar-refractivity contribution < 1.29 is 9.59 Å². The summed E-state index contributed by atoms with van der Waals surface area (Å²) in [5, 5.41) is 0. The third kappa shape index (κ3) is 1.54. The van der Waals surface area contributed by atoms with E-state index in [1.54, 1.807) is 37.3 Å². The third-order valence-corrected chi connectivity index (χ3v) is 4.59. The molecule has 2 amide bonds. The van der Waals surface area contributed by atoms with Gasteiger partial charge >= 0.3 is 0 Å². The molecule has 0 saturated carbocycles. The van der Waals surface area contributed by atoms with Crippen LogP contribution < -0.4 is 10.5 Å². The lowest BCUT2D eigenvalue weighted by Crippen LogP contribution is -2.31. The number of rotatable bonds is 1. The summed E-state index contributed by atoms with van der Waals surface area (Å²) in [7, 11) is 0. The number of carbonyl (C=O) groups is 2. The summed E-state index contributed by atoms with van der Waals surface area (Å²) in [5.74, 6) is -0.911. The first-order chi connectivity index (χ1) is 10.6. The minimum absolute atomic E-state index is 0.107. The molecule has 7 heteroatoms. The van der Waals surface area contributed by atoms with Gasteiger partial charge in [-0.3, -0.25) is 14.4 Å². The summed E-state index contributed by atoms with van der Waals surface area (Å²) in [5.41, 5.74) is 0.702. The standard InChI is InChI=1S/C15H9N3O3S/c1-8-7-16-15-18(12(8)19)10-11(22-15)14(21)17(13(10)20)9-5-3-2-4-6-9/h2-7H,1H3. The quantitative estimate of drug-likeness (QED) is 0.643. The Kier molecular flexibility index (Phi) is 2.55. The van der Waals surface area contributed by atoms with Crippen LogP contribution in [0, 0.1) is 6.92 Å². The first kappa shape index (κ1) is 12.9. The maximum absolute atomic E-state index is 12.7. The fraction of sp³-hybridized carbons (Fsp3) is 0.0667. The van der Waals surface area contributed by atoms with E-state index < -0.39 is 11.8 Å². The molecule has 0 bridgehead atoms. The molecule has 0 aliphatic carbocycles. The van der Waals surface area contributed by atoms with E-state index in [-0.39, 0.29) is 16.1 Å². The molecule has 22 heavy (non-hydrogen) atoms. The molecule has 0 fully saturated rings. The first-order valence-corrected chi connectivity index (χ1v) is 7.36. The van der Waals surface area contributed by atoms with E-state index in [9.17, 15) is 14.4 Å². The number of benzene rings is 1. The molecule has 0 unspecified atom stereocenters. The largest absolute Gasteiger partial charge is 0.284 e. The van der Waals surface area contributed by atoms with E-state index in [4.69, 9.17) is 0 Å². The van der Waals surface area contributed by atoms with Crippen LogP contribution in [-0.4, -0.2) is 21.2 Å². The molecule has 3 aromatic rings. The molecule has 1 aliphatic heterocycles. The summed E-state index contributed by atoms with van der Waals surface area (Å²) in [6, 6.07) is 8.66. The van der Waals surface area contributed by atoms with Crippen molar-refractivity contribution in [3.05, 3.63) is 63.0 Å². The summed E-state index contributed by atoms with van der Waals surface area (Å²) >= 11 is 1.06. The van der Waals surface area contributed by atoms with Gasteiger partial charge in [-0.05, 0) is 19.1 Å². The van der Waals surface area contributed by atoms with Crippen molar-refractivity contribution in [3.8, 4) is 0 Å². The highest BCUT2D eigenvalue weighted by molar-refractivity contribution is 7.19. The predicted molar refractivity (Wildman–Crippen MR) is 81.7 cm³/mol. The molecule has 0 spiro atoms. The van der Waals surface area contributed by atoms with Crippen molar-refractivity contribution in [3.63, 3.8) is 0 Å². The molecule has 1 aromatic carbocycles. The maximum atomic E-state index is 12.7. The van der Waals surface area contributed by atoms with Gasteiger partial charge in [-0.2, -0.15) is 0 Å². The third-order valence-electron chi connectivity index (χ3n) is 3.55. The lowest BCUT2D eigenvalue weighted by Gasteiger charge is -2.13. The van der Waals surface area contributed by atoms with Gasteiger partial charge in [0.1, 0.15) is 10.6 Å². The number of para-hydroxylation sites is 1. The Morgan fingerprint density at radius 3 is 2.50 bits per heavy atom. The fourth-order valence-corrected chi connectivity index (χ4v) is 3.49. The van der Waals surface area contributed by atoms with Crippen LogP contribution in [0.1, 0.15) is 25.7 Å². The predicted octanol–water partition coefficient (Wildman–Crippen LogP) is 1.87. The van der Waals surface area contributed by atoms with Gasteiger partial charge in [-0.15, -0.1) is 0 Å². The van der Waals surface area contributed by atoms with Crippen LogP contribution in [-0.2, 0) is 0 Å². The van der Waals surface area contributed by atoms with Crippen molar-refractivity contribution in [2.45, 2.75) is 6.92 Å². The summed E-state index contributed by atoms with van der Waals surface area (Å²) in [4.78, 5) is 43.3. The topological polar surface area (TPSA) is 71.8 Å². The van der Waals surface area contributed by atoms with Crippen LogP contribution in [0.2, 0.25) is 0 Å². The Morgan fingerprint density at radius 2 is 1.77 bits per heavy atom. The van der Waals surface area contributed by atoms with Crippen LogP contribution in [0.3, 0.4) is 0 Å². The lowest BCUT2D eigenvalue weighted by molar-refractivity contribution is 0.0925. The monoisotopic (exact) mass is 311 g/mol. The van der Waals surface area contributed by atoms with Gasteiger partial charge in [0.2, 0.25) is 0 Å². The SMILES string of the molecule is Cc1cnc2sc3c(n2c1=O)C(=O)N(c1ccccc1)C3=O. The van der Waals surface area contributed by atoms with Crippen molar-refractivity contribution in [1.82, 2.24) is 9.38 Å². The normalized spacial score (nSPS) is 14.0. The van der Waals surface area contributed by atoms with Gasteiger partial charge in [0, 0.05) is 11.8 Å². The molecule has 4 rings (SSSR count). The number of anilines is 1. The van der Waals surface area contributed by atoms with E-state index in [1.807, 2.05) is 0 Å². The Labute approximate surface area is 128 Å². The number of aryl methyl sites for hydroxylation is 1. The van der Waals surface area contributed by atoms with E-state index >= 15 is 0 Å². The van der Waals surface area contributed by atoms with Crippen molar-refractivity contribution in [2.75, 3.05) is 4.90 Å². The molecule has 0 atom stereocenters. The van der Waals surface area contributed by atoms with E-state index in [2.05, 4.69) is 4.98 Å². The second kappa shape index (κ2) is 4.35. The second-order valence-electron chi connectivity index (χ2n) is 4.93. The maximum Gasteiger partial charge on any atom is 0.284 e. The second-order valence-corrected chi connectivity index (χ2v) is 5.90. The van der Waals surface area contributed by atoms with E-state index in [1.165, 1.54) is 10.6 Å². The Morgan fingerprint density at radius 1 is 1.05 bits per heavy atom. The molecule has 0 saturated heterocycles. The average Bonchev–Trinajstić information content (AvgIpc) is 3.02. The first-order valence-electron chi connectivity index (χ1n) is 6.54. The smallest absolute Gasteiger partial charge is 0.269 e. The van der Waals surface area contributed by atoms with Crippen LogP contribution in [0.5, 0.6) is 0 Å². The molecule has 3 heterocycles. The molecule has 0 radical (unpaired) electrons. The molecule has 0 N–H and O–H groups in total. The fourth-order valence-electron chi connectivity index (χ4n) is 2.49. The number of fused-ring (bicyclic) bond motifs is 3. The number of carbonyl (C=O) groups excluding carboxylic acids is 2. The Bertz CT molecular complexity index is 1000. The summed E-state index contributed by atoms with van der Waals surface area (Å²) < 4.78 is 1.23. The number of amides is 2. The molecule has 2 aromatic heterocycles. The zero-order valence-corrected chi connectivity index (χ0v) is 12.3. The van der Waals surface area contributed by atoms with Crippen LogP contribution in [0.4, 0.5) is 5.69 Å². The number of imide groups is 1. The van der Waals surface area contributed by atoms with Crippen LogP contribution >= 0.6 is 11.3 Å². The zero-order valence-electron chi connectivity index (χ0n) is 11.4. The van der Waals surface area contributed by atoms with Gasteiger partial charge in [0.15, 0.2) is 4.96 Å². The van der Waals surface area contributed by atoms with Crippen molar-refractivity contribution >= 4 is 33.8 Å². The zero-order chi connectivity index (χ0) is 15.4. The van der Waals surface area contributed by atoms with Gasteiger partial charge < -0.3 is 0 Å². The summed E-state index contributed by atoms with van der Waals surface area (Å²) in [6.45, 7) is 1.63. The lowest BCUT2D eigenvalue weighted by atomic mass is 10.3. The van der Waals surface area contributed by atoms with Gasteiger partial charge in [-0.25, -0.2) is 14.3 Å². The number of hydrogen-bond donors (Lipinski definition) is 0. The highest BCUT2D eigenvalue weighted by atomic mass is 32.1. The minimum Gasteiger partial charge on any atom is -0.269 e. The van der Waals surface area contributed by atoms with Crippen LogP contribution in [0.25, 0.3) is 4.96 Å². The summed E-state index contributed by atoms with van der Waals surface area (Å²) in [6.07, 6.45) is 1.45. The number of hydrogen-bond acceptors (Lipinski definition) is 5. The van der Waals surface area contributed by atoms with Crippen molar-refractivity contribution in [1.29, 1.82) is 0 Å². The molecular formula is C15H9N3O3S. The Balaban J connectivity index is 2.00. The number of thiazole rings is 1. The van der Waals surface area contributed by atoms with Gasteiger partial charge in [-0.1, -0.05) is 29.5 Å². The highest BCUT2D eigenvalue weighted by Gasteiger charge is 2.41. The molecule has 108 valence electrons. The molecule has 1 aliphatic rings. The Hall–Kier alpha value is -2.80. The highest BCUT2D eigenvalue weighted by Crippen LogP contribution is 2.32. The molecule has 6 nitrogen and oxygen atoms in total. The minimum atomic E-state index is -0.494.